The van der Waals surface area contributed by atoms with E-state index in [0.29, 0.717) is 11.2 Å². The summed E-state index contributed by atoms with van der Waals surface area (Å²) in [5.74, 6) is 0.627. The third-order valence-electron chi connectivity index (χ3n) is 2.87. The third-order valence-corrected chi connectivity index (χ3v) is 3.30. The fraction of sp³-hybridized carbons (Fsp3) is 0.917. The molecule has 0 aromatic rings. The van der Waals surface area contributed by atoms with Crippen molar-refractivity contribution < 1.29 is 9.53 Å². The SMILES string of the molecule is C[C@@H](S)C1CCN(C(=O)OC(C)(C)C)CC1. The Labute approximate surface area is 104 Å². The largest absolute Gasteiger partial charge is 0.444 e. The highest BCUT2D eigenvalue weighted by Gasteiger charge is 2.27. The highest BCUT2D eigenvalue weighted by Crippen LogP contribution is 2.24. The molecule has 1 rings (SSSR count). The van der Waals surface area contributed by atoms with Gasteiger partial charge in [-0.3, -0.25) is 0 Å². The van der Waals surface area contributed by atoms with Gasteiger partial charge in [0.05, 0.1) is 0 Å². The Morgan fingerprint density at radius 2 is 1.88 bits per heavy atom. The molecule has 94 valence electrons. The highest BCUT2D eigenvalue weighted by atomic mass is 32.1. The molecule has 0 N–H and O–H groups in total. The molecule has 0 radical (unpaired) electrons. The van der Waals surface area contributed by atoms with Crippen LogP contribution in [0.1, 0.15) is 40.5 Å². The van der Waals surface area contributed by atoms with Crippen molar-refractivity contribution in [3.63, 3.8) is 0 Å². The van der Waals surface area contributed by atoms with Gasteiger partial charge in [-0.25, -0.2) is 4.79 Å². The molecule has 4 heteroatoms. The number of carbonyl (C=O) groups is 1. The summed E-state index contributed by atoms with van der Waals surface area (Å²) < 4.78 is 5.34. The summed E-state index contributed by atoms with van der Waals surface area (Å²) in [7, 11) is 0. The maximum Gasteiger partial charge on any atom is 0.410 e. The highest BCUT2D eigenvalue weighted by molar-refractivity contribution is 7.80. The van der Waals surface area contributed by atoms with Gasteiger partial charge >= 0.3 is 6.09 Å². The molecule has 3 nitrogen and oxygen atoms in total. The molecule has 1 fully saturated rings. The molecule has 1 atom stereocenters. The number of thiol groups is 1. The van der Waals surface area contributed by atoms with Crippen LogP contribution in [0.15, 0.2) is 0 Å². The number of amides is 1. The second kappa shape index (κ2) is 5.30. The molecule has 0 aromatic heterocycles. The van der Waals surface area contributed by atoms with Crippen LogP contribution in [0.5, 0.6) is 0 Å². The Morgan fingerprint density at radius 1 is 1.38 bits per heavy atom. The Morgan fingerprint density at radius 3 is 2.25 bits per heavy atom. The molecule has 0 saturated carbocycles. The maximum absolute atomic E-state index is 11.8. The second-order valence-electron chi connectivity index (χ2n) is 5.55. The quantitative estimate of drug-likeness (QED) is 0.720. The van der Waals surface area contributed by atoms with Crippen LogP contribution in [-0.4, -0.2) is 34.9 Å². The van der Waals surface area contributed by atoms with Crippen molar-refractivity contribution in [2.45, 2.75) is 51.4 Å². The fourth-order valence-electron chi connectivity index (χ4n) is 1.89. The number of carbonyl (C=O) groups excluding carboxylic acids is 1. The summed E-state index contributed by atoms with van der Waals surface area (Å²) in [5.41, 5.74) is -0.398. The Balaban J connectivity index is 2.39. The van der Waals surface area contributed by atoms with Crippen LogP contribution in [0.3, 0.4) is 0 Å². The molecule has 0 aliphatic carbocycles. The maximum atomic E-state index is 11.8. The minimum atomic E-state index is -0.398. The van der Waals surface area contributed by atoms with Gasteiger partial charge in [0.1, 0.15) is 5.60 Å². The lowest BCUT2D eigenvalue weighted by molar-refractivity contribution is 0.0184. The van der Waals surface area contributed by atoms with Crippen LogP contribution < -0.4 is 0 Å². The summed E-state index contributed by atoms with van der Waals surface area (Å²) in [5, 5.41) is 0.417. The van der Waals surface area contributed by atoms with E-state index in [1.807, 2.05) is 20.8 Å². The smallest absolute Gasteiger partial charge is 0.410 e. The van der Waals surface area contributed by atoms with Gasteiger partial charge < -0.3 is 9.64 Å². The zero-order valence-corrected chi connectivity index (χ0v) is 11.6. The van der Waals surface area contributed by atoms with Crippen molar-refractivity contribution in [3.05, 3.63) is 0 Å². The van der Waals surface area contributed by atoms with Gasteiger partial charge in [0.25, 0.3) is 0 Å². The Hall–Kier alpha value is -0.380. The first kappa shape index (κ1) is 13.7. The first-order valence-corrected chi connectivity index (χ1v) is 6.47. The summed E-state index contributed by atoms with van der Waals surface area (Å²) in [6.07, 6.45) is 1.88. The van der Waals surface area contributed by atoms with E-state index >= 15 is 0 Å². The molecular formula is C12H23NO2S. The summed E-state index contributed by atoms with van der Waals surface area (Å²) >= 11 is 4.46. The number of hydrogen-bond donors (Lipinski definition) is 1. The van der Waals surface area contributed by atoms with E-state index in [2.05, 4.69) is 19.6 Å². The predicted molar refractivity (Wildman–Crippen MR) is 69.0 cm³/mol. The van der Waals surface area contributed by atoms with Gasteiger partial charge in [0, 0.05) is 18.3 Å². The molecule has 0 bridgehead atoms. The van der Waals surface area contributed by atoms with Crippen molar-refractivity contribution in [1.29, 1.82) is 0 Å². The van der Waals surface area contributed by atoms with Crippen LogP contribution in [0, 0.1) is 5.92 Å². The van der Waals surface area contributed by atoms with E-state index in [9.17, 15) is 4.79 Å². The molecule has 1 aliphatic heterocycles. The summed E-state index contributed by atoms with van der Waals surface area (Å²) in [6, 6.07) is 0. The van der Waals surface area contributed by atoms with Gasteiger partial charge in [0.15, 0.2) is 0 Å². The van der Waals surface area contributed by atoms with E-state index in [4.69, 9.17) is 4.74 Å². The monoisotopic (exact) mass is 245 g/mol. The van der Waals surface area contributed by atoms with Crippen molar-refractivity contribution >= 4 is 18.7 Å². The van der Waals surface area contributed by atoms with Crippen molar-refractivity contribution in [2.75, 3.05) is 13.1 Å². The minimum Gasteiger partial charge on any atom is -0.444 e. The first-order valence-electron chi connectivity index (χ1n) is 5.95. The molecule has 0 unspecified atom stereocenters. The summed E-state index contributed by atoms with van der Waals surface area (Å²) in [6.45, 7) is 9.40. The molecule has 16 heavy (non-hydrogen) atoms. The zero-order valence-electron chi connectivity index (χ0n) is 10.7. The van der Waals surface area contributed by atoms with E-state index in [1.54, 1.807) is 4.90 Å². The Bertz CT molecular complexity index is 240. The molecule has 1 heterocycles. The first-order chi connectivity index (χ1) is 7.29. The standard InChI is InChI=1S/C12H23NO2S/c1-9(16)10-5-7-13(8-6-10)11(14)15-12(2,3)4/h9-10,16H,5-8H2,1-4H3/t9-/m1/s1. The van der Waals surface area contributed by atoms with Crippen LogP contribution >= 0.6 is 12.6 Å². The van der Waals surface area contributed by atoms with Crippen molar-refractivity contribution in [2.24, 2.45) is 5.92 Å². The lowest BCUT2D eigenvalue weighted by Crippen LogP contribution is -2.42. The van der Waals surface area contributed by atoms with E-state index < -0.39 is 5.60 Å². The summed E-state index contributed by atoms with van der Waals surface area (Å²) in [4.78, 5) is 13.6. The molecule has 0 spiro atoms. The van der Waals surface area contributed by atoms with E-state index in [0.717, 1.165) is 25.9 Å². The van der Waals surface area contributed by atoms with Gasteiger partial charge in [0.2, 0.25) is 0 Å². The van der Waals surface area contributed by atoms with Gasteiger partial charge in [-0.2, -0.15) is 12.6 Å². The van der Waals surface area contributed by atoms with Crippen molar-refractivity contribution in [1.82, 2.24) is 4.90 Å². The number of hydrogen-bond acceptors (Lipinski definition) is 3. The fourth-order valence-corrected chi connectivity index (χ4v) is 2.19. The van der Waals surface area contributed by atoms with Gasteiger partial charge in [-0.05, 0) is 39.5 Å². The molecule has 0 aromatic carbocycles. The van der Waals surface area contributed by atoms with Crippen LogP contribution in [0.4, 0.5) is 4.79 Å². The predicted octanol–water partition coefficient (Wildman–Crippen LogP) is 2.95. The molecule has 1 saturated heterocycles. The van der Waals surface area contributed by atoms with E-state index in [-0.39, 0.29) is 6.09 Å². The number of rotatable bonds is 1. The number of ether oxygens (including phenoxy) is 1. The topological polar surface area (TPSA) is 29.5 Å². The lowest BCUT2D eigenvalue weighted by Gasteiger charge is -2.34. The van der Waals surface area contributed by atoms with Gasteiger partial charge in [-0.1, -0.05) is 6.92 Å². The zero-order chi connectivity index (χ0) is 12.3. The van der Waals surface area contributed by atoms with Crippen LogP contribution in [0.25, 0.3) is 0 Å². The number of nitrogens with zero attached hydrogens (tertiary/aromatic N) is 1. The van der Waals surface area contributed by atoms with Crippen molar-refractivity contribution in [3.8, 4) is 0 Å². The minimum absolute atomic E-state index is 0.183. The molecular weight excluding hydrogens is 222 g/mol. The molecule has 1 amide bonds. The Kier molecular flexibility index (Phi) is 4.53. The molecule has 1 aliphatic rings. The number of piperidine rings is 1. The second-order valence-corrected chi connectivity index (χ2v) is 6.36. The van der Waals surface area contributed by atoms with E-state index in [1.165, 1.54) is 0 Å². The van der Waals surface area contributed by atoms with Gasteiger partial charge in [-0.15, -0.1) is 0 Å². The third kappa shape index (κ3) is 4.24. The average Bonchev–Trinajstić information content (AvgIpc) is 2.15. The number of likely N-dealkylation sites (tertiary alicyclic amines) is 1. The lowest BCUT2D eigenvalue weighted by atomic mass is 9.94. The average molecular weight is 245 g/mol. The normalized spacial score (nSPS) is 20.7. The van der Waals surface area contributed by atoms with Crippen LogP contribution in [0.2, 0.25) is 0 Å². The van der Waals surface area contributed by atoms with Crippen LogP contribution in [-0.2, 0) is 4.74 Å².